The van der Waals surface area contributed by atoms with Crippen LogP contribution in [0.2, 0.25) is 0 Å². The molecule has 36 heavy (non-hydrogen) atoms. The minimum absolute atomic E-state index is 0.00212. The summed E-state index contributed by atoms with van der Waals surface area (Å²) in [5.41, 5.74) is 11.4. The zero-order chi connectivity index (χ0) is 27.4. The van der Waals surface area contributed by atoms with Crippen LogP contribution in [0.15, 0.2) is 30.3 Å². The van der Waals surface area contributed by atoms with Crippen molar-refractivity contribution in [3.63, 3.8) is 0 Å². The summed E-state index contributed by atoms with van der Waals surface area (Å²) >= 11 is 0. The molecule has 0 bridgehead atoms. The summed E-state index contributed by atoms with van der Waals surface area (Å²) in [7, 11) is 0. The second kappa shape index (κ2) is 14.4. The van der Waals surface area contributed by atoms with Gasteiger partial charge in [-0.3, -0.25) is 24.0 Å². The van der Waals surface area contributed by atoms with E-state index in [9.17, 15) is 33.9 Å². The van der Waals surface area contributed by atoms with E-state index in [-0.39, 0.29) is 19.3 Å². The van der Waals surface area contributed by atoms with Gasteiger partial charge in [0, 0.05) is 12.8 Å². The largest absolute Gasteiger partial charge is 0.481 e. The van der Waals surface area contributed by atoms with E-state index in [4.69, 9.17) is 16.6 Å². The minimum atomic E-state index is -1.46. The number of amides is 4. The van der Waals surface area contributed by atoms with Gasteiger partial charge in [-0.2, -0.15) is 0 Å². The highest BCUT2D eigenvalue weighted by Gasteiger charge is 2.31. The molecule has 0 saturated carbocycles. The number of hydrogen-bond acceptors (Lipinski definition) is 7. The Balaban J connectivity index is 3.14. The number of nitrogens with two attached hydrogens (primary N) is 2. The molecular formula is C23H33N5O8. The summed E-state index contributed by atoms with van der Waals surface area (Å²) in [6.07, 6.45) is -1.23. The molecule has 0 aliphatic carbocycles. The van der Waals surface area contributed by atoms with Crippen molar-refractivity contribution in [3.05, 3.63) is 35.9 Å². The van der Waals surface area contributed by atoms with E-state index in [0.29, 0.717) is 5.56 Å². The number of nitrogens with one attached hydrogen (secondary N) is 3. The molecule has 0 saturated heterocycles. The fourth-order valence-corrected chi connectivity index (χ4v) is 3.21. The van der Waals surface area contributed by atoms with Crippen molar-refractivity contribution in [3.8, 4) is 0 Å². The third kappa shape index (κ3) is 10.5. The Morgan fingerprint density at radius 3 is 1.92 bits per heavy atom. The van der Waals surface area contributed by atoms with Crippen LogP contribution in [-0.2, 0) is 35.2 Å². The van der Waals surface area contributed by atoms with Crippen LogP contribution in [0.1, 0.15) is 38.7 Å². The summed E-state index contributed by atoms with van der Waals surface area (Å²) in [6.45, 7) is 3.22. The summed E-state index contributed by atoms with van der Waals surface area (Å²) < 4.78 is 0. The number of carboxylic acids is 2. The Morgan fingerprint density at radius 1 is 0.861 bits per heavy atom. The number of rotatable bonds is 15. The molecular weight excluding hydrogens is 474 g/mol. The van der Waals surface area contributed by atoms with Gasteiger partial charge in [0.25, 0.3) is 0 Å². The van der Waals surface area contributed by atoms with E-state index in [1.165, 1.54) is 0 Å². The Labute approximate surface area is 208 Å². The lowest BCUT2D eigenvalue weighted by molar-refractivity contribution is -0.143. The van der Waals surface area contributed by atoms with Crippen molar-refractivity contribution in [1.29, 1.82) is 0 Å². The lowest BCUT2D eigenvalue weighted by Gasteiger charge is -2.26. The zero-order valence-electron chi connectivity index (χ0n) is 20.1. The van der Waals surface area contributed by atoms with Crippen molar-refractivity contribution >= 4 is 35.6 Å². The lowest BCUT2D eigenvalue weighted by Crippen LogP contribution is -2.58. The van der Waals surface area contributed by atoms with Gasteiger partial charge in [0.05, 0.1) is 12.5 Å². The number of benzene rings is 1. The van der Waals surface area contributed by atoms with Gasteiger partial charge in [0.1, 0.15) is 18.1 Å². The average molecular weight is 508 g/mol. The Hall–Kier alpha value is -4.00. The molecule has 4 atom stereocenters. The molecule has 13 heteroatoms. The van der Waals surface area contributed by atoms with E-state index in [0.717, 1.165) is 0 Å². The molecule has 0 aliphatic rings. The maximum absolute atomic E-state index is 13.1. The summed E-state index contributed by atoms with van der Waals surface area (Å²) in [5, 5.41) is 25.4. The fraction of sp³-hybridized carbons (Fsp3) is 0.478. The summed E-state index contributed by atoms with van der Waals surface area (Å²) in [5.74, 6) is -6.35. The first-order valence-electron chi connectivity index (χ1n) is 11.2. The maximum Gasteiger partial charge on any atom is 0.326 e. The molecule has 1 aromatic rings. The maximum atomic E-state index is 13.1. The first-order chi connectivity index (χ1) is 16.8. The first kappa shape index (κ1) is 30.0. The van der Waals surface area contributed by atoms with E-state index < -0.39 is 72.1 Å². The number of carbonyl (C=O) groups excluding carboxylic acids is 4. The Kier molecular flexibility index (Phi) is 12.0. The van der Waals surface area contributed by atoms with Crippen molar-refractivity contribution in [2.75, 3.05) is 0 Å². The van der Waals surface area contributed by atoms with E-state index >= 15 is 0 Å². The average Bonchev–Trinajstić information content (AvgIpc) is 2.78. The van der Waals surface area contributed by atoms with Gasteiger partial charge in [-0.25, -0.2) is 4.79 Å². The van der Waals surface area contributed by atoms with Gasteiger partial charge in [-0.05, 0) is 17.9 Å². The van der Waals surface area contributed by atoms with Crippen LogP contribution >= 0.6 is 0 Å². The molecule has 0 fully saturated rings. The molecule has 0 spiro atoms. The predicted molar refractivity (Wildman–Crippen MR) is 127 cm³/mol. The molecule has 1 rings (SSSR count). The lowest BCUT2D eigenvalue weighted by atomic mass is 10.0. The predicted octanol–water partition coefficient (Wildman–Crippen LogP) is -1.51. The Bertz CT molecular complexity index is 953. The highest BCUT2D eigenvalue weighted by molar-refractivity contribution is 5.95. The molecule has 4 unspecified atom stereocenters. The topological polar surface area (TPSA) is 231 Å². The number of hydrogen-bond donors (Lipinski definition) is 7. The molecule has 0 aromatic heterocycles. The van der Waals surface area contributed by atoms with Crippen LogP contribution in [0.25, 0.3) is 0 Å². The highest BCUT2D eigenvalue weighted by Crippen LogP contribution is 2.08. The standard InChI is InChI=1S/C23H33N5O8/c1-12(2)19(23(35)36)28-22(34)16(10-13-6-4-3-5-7-13)27-21(33)15(8-9-17(25)29)26-20(32)14(24)11-18(30)31/h3-7,12,14-16,19H,8-11,24H2,1-2H3,(H2,25,29)(H,26,32)(H,27,33)(H,28,34)(H,30,31)(H,35,36). The molecule has 0 heterocycles. The van der Waals surface area contributed by atoms with Crippen LogP contribution in [-0.4, -0.2) is 69.9 Å². The second-order valence-electron chi connectivity index (χ2n) is 8.59. The van der Waals surface area contributed by atoms with Crippen molar-refractivity contribution < 1.29 is 39.0 Å². The van der Waals surface area contributed by atoms with Crippen LogP contribution in [0.4, 0.5) is 0 Å². The molecule has 4 amide bonds. The summed E-state index contributed by atoms with van der Waals surface area (Å²) in [6, 6.07) is 3.34. The molecule has 1 aromatic carbocycles. The monoisotopic (exact) mass is 507 g/mol. The second-order valence-corrected chi connectivity index (χ2v) is 8.59. The van der Waals surface area contributed by atoms with Gasteiger partial charge >= 0.3 is 11.9 Å². The smallest absolute Gasteiger partial charge is 0.326 e. The molecule has 9 N–H and O–H groups in total. The fourth-order valence-electron chi connectivity index (χ4n) is 3.21. The van der Waals surface area contributed by atoms with Gasteiger partial charge in [-0.1, -0.05) is 44.2 Å². The summed E-state index contributed by atoms with van der Waals surface area (Å²) in [4.78, 5) is 72.0. The van der Waals surface area contributed by atoms with Crippen molar-refractivity contribution in [2.45, 2.75) is 63.7 Å². The van der Waals surface area contributed by atoms with Gasteiger partial charge in [-0.15, -0.1) is 0 Å². The zero-order valence-corrected chi connectivity index (χ0v) is 20.1. The first-order valence-corrected chi connectivity index (χ1v) is 11.2. The molecule has 0 radical (unpaired) electrons. The van der Waals surface area contributed by atoms with Crippen molar-refractivity contribution in [1.82, 2.24) is 16.0 Å². The van der Waals surface area contributed by atoms with Gasteiger partial charge < -0.3 is 37.6 Å². The minimum Gasteiger partial charge on any atom is -0.481 e. The van der Waals surface area contributed by atoms with E-state index in [2.05, 4.69) is 16.0 Å². The van der Waals surface area contributed by atoms with Gasteiger partial charge in [0.15, 0.2) is 0 Å². The number of aliphatic carboxylic acids is 2. The molecule has 198 valence electrons. The highest BCUT2D eigenvalue weighted by atomic mass is 16.4. The number of carbonyl (C=O) groups is 6. The van der Waals surface area contributed by atoms with E-state index in [1.54, 1.807) is 44.2 Å². The molecule has 0 aliphatic heterocycles. The third-order valence-corrected chi connectivity index (χ3v) is 5.19. The molecule has 13 nitrogen and oxygen atoms in total. The SMILES string of the molecule is CC(C)C(NC(=O)C(Cc1ccccc1)NC(=O)C(CCC(N)=O)NC(=O)C(N)CC(=O)O)C(=O)O. The van der Waals surface area contributed by atoms with Gasteiger partial charge in [0.2, 0.25) is 23.6 Å². The normalized spacial score (nSPS) is 14.1. The number of carboxylic acid groups (broad SMARTS) is 2. The third-order valence-electron chi connectivity index (χ3n) is 5.19. The quantitative estimate of drug-likeness (QED) is 0.146. The van der Waals surface area contributed by atoms with Crippen molar-refractivity contribution in [2.24, 2.45) is 17.4 Å². The van der Waals surface area contributed by atoms with Crippen LogP contribution < -0.4 is 27.4 Å². The van der Waals surface area contributed by atoms with Crippen LogP contribution in [0.5, 0.6) is 0 Å². The van der Waals surface area contributed by atoms with Crippen LogP contribution in [0.3, 0.4) is 0 Å². The van der Waals surface area contributed by atoms with Crippen LogP contribution in [0, 0.1) is 5.92 Å². The van der Waals surface area contributed by atoms with E-state index in [1.807, 2.05) is 0 Å². The number of primary amides is 1. The Morgan fingerprint density at radius 2 is 1.42 bits per heavy atom.